The Kier molecular flexibility index (Phi) is 4.35. The molecule has 1 aromatic carbocycles. The number of pyridine rings is 1. The monoisotopic (exact) mass is 269 g/mol. The second-order valence-electron chi connectivity index (χ2n) is 4.78. The molecule has 1 amide bonds. The van der Waals surface area contributed by atoms with E-state index in [9.17, 15) is 4.79 Å². The van der Waals surface area contributed by atoms with Crippen LogP contribution in [0.1, 0.15) is 34.5 Å². The first-order valence-electron chi connectivity index (χ1n) is 6.61. The van der Waals surface area contributed by atoms with Gasteiger partial charge in [-0.1, -0.05) is 29.8 Å². The van der Waals surface area contributed by atoms with Crippen molar-refractivity contribution in [1.29, 1.82) is 0 Å². The third-order valence-corrected chi connectivity index (χ3v) is 3.26. The van der Waals surface area contributed by atoms with Crippen LogP contribution in [0, 0.1) is 6.92 Å². The van der Waals surface area contributed by atoms with Crippen molar-refractivity contribution >= 4 is 11.6 Å². The Labute approximate surface area is 119 Å². The molecule has 0 radical (unpaired) electrons. The van der Waals surface area contributed by atoms with E-state index in [2.05, 4.69) is 15.6 Å². The molecule has 0 fully saturated rings. The number of amides is 1. The van der Waals surface area contributed by atoms with Crippen molar-refractivity contribution in [2.45, 2.75) is 19.9 Å². The molecule has 1 atom stereocenters. The highest BCUT2D eigenvalue weighted by Gasteiger charge is 2.14. The molecule has 1 heterocycles. The summed E-state index contributed by atoms with van der Waals surface area (Å²) in [5.74, 6) is -0.107. The molecule has 0 bridgehead atoms. The van der Waals surface area contributed by atoms with E-state index in [1.54, 1.807) is 25.5 Å². The number of carbonyl (C=O) groups is 1. The van der Waals surface area contributed by atoms with Crippen LogP contribution in [0.3, 0.4) is 0 Å². The first-order chi connectivity index (χ1) is 9.61. The van der Waals surface area contributed by atoms with Crippen molar-refractivity contribution in [2.75, 3.05) is 12.4 Å². The molecule has 2 N–H and O–H groups in total. The van der Waals surface area contributed by atoms with Gasteiger partial charge in [0.1, 0.15) is 0 Å². The number of nitrogens with one attached hydrogen (secondary N) is 2. The summed E-state index contributed by atoms with van der Waals surface area (Å²) in [5.41, 5.74) is 3.62. The molecule has 20 heavy (non-hydrogen) atoms. The Balaban J connectivity index is 2.13. The Morgan fingerprint density at radius 1 is 1.20 bits per heavy atom. The molecule has 0 aliphatic rings. The second-order valence-corrected chi connectivity index (χ2v) is 4.78. The van der Waals surface area contributed by atoms with Gasteiger partial charge in [-0.25, -0.2) is 0 Å². The Bertz CT molecular complexity index is 593. The largest absolute Gasteiger partial charge is 0.386 e. The lowest BCUT2D eigenvalue weighted by molar-refractivity contribution is 0.0940. The van der Waals surface area contributed by atoms with Gasteiger partial charge in [-0.2, -0.15) is 0 Å². The predicted octanol–water partition coefficient (Wildman–Crippen LogP) is 2.92. The molecular weight excluding hydrogens is 250 g/mol. The molecule has 0 saturated heterocycles. The van der Waals surface area contributed by atoms with Gasteiger partial charge in [-0.15, -0.1) is 0 Å². The molecule has 1 aromatic heterocycles. The number of rotatable bonds is 4. The number of anilines is 1. The standard InChI is InChI=1S/C16H19N3O/c1-11-4-6-13(7-5-11)12(2)19-16(20)14-8-9-18-10-15(14)17-3/h4-10,12,17H,1-3H3,(H,19,20). The van der Waals surface area contributed by atoms with Gasteiger partial charge in [-0.05, 0) is 25.5 Å². The van der Waals surface area contributed by atoms with Crippen LogP contribution in [-0.4, -0.2) is 17.9 Å². The lowest BCUT2D eigenvalue weighted by Crippen LogP contribution is -2.27. The normalized spacial score (nSPS) is 11.8. The molecule has 4 nitrogen and oxygen atoms in total. The van der Waals surface area contributed by atoms with E-state index in [-0.39, 0.29) is 11.9 Å². The molecule has 4 heteroatoms. The van der Waals surface area contributed by atoms with E-state index < -0.39 is 0 Å². The number of benzene rings is 1. The number of aryl methyl sites for hydroxylation is 1. The maximum atomic E-state index is 12.3. The molecule has 0 aliphatic carbocycles. The molecule has 0 aliphatic heterocycles. The summed E-state index contributed by atoms with van der Waals surface area (Å²) in [5, 5.41) is 5.97. The number of aromatic nitrogens is 1. The minimum atomic E-state index is -0.107. The number of hydrogen-bond acceptors (Lipinski definition) is 3. The number of hydrogen-bond donors (Lipinski definition) is 2. The van der Waals surface area contributed by atoms with Crippen molar-refractivity contribution in [2.24, 2.45) is 0 Å². The lowest BCUT2D eigenvalue weighted by Gasteiger charge is -2.16. The summed E-state index contributed by atoms with van der Waals surface area (Å²) in [6.07, 6.45) is 3.26. The first kappa shape index (κ1) is 14.1. The smallest absolute Gasteiger partial charge is 0.253 e. The fraction of sp³-hybridized carbons (Fsp3) is 0.250. The Morgan fingerprint density at radius 2 is 1.90 bits per heavy atom. The highest BCUT2D eigenvalue weighted by atomic mass is 16.1. The summed E-state index contributed by atoms with van der Waals surface area (Å²) < 4.78 is 0. The van der Waals surface area contributed by atoms with Crippen LogP contribution in [0.5, 0.6) is 0 Å². The highest BCUT2D eigenvalue weighted by Crippen LogP contribution is 2.16. The first-order valence-corrected chi connectivity index (χ1v) is 6.61. The molecule has 0 spiro atoms. The minimum Gasteiger partial charge on any atom is -0.386 e. The predicted molar refractivity (Wildman–Crippen MR) is 80.8 cm³/mol. The van der Waals surface area contributed by atoms with Crippen LogP contribution in [0.4, 0.5) is 5.69 Å². The van der Waals surface area contributed by atoms with Gasteiger partial charge in [0, 0.05) is 13.2 Å². The zero-order valence-electron chi connectivity index (χ0n) is 12.0. The van der Waals surface area contributed by atoms with E-state index in [4.69, 9.17) is 0 Å². The average molecular weight is 269 g/mol. The van der Waals surface area contributed by atoms with Gasteiger partial charge in [0.25, 0.3) is 5.91 Å². The topological polar surface area (TPSA) is 54.0 Å². The fourth-order valence-electron chi connectivity index (χ4n) is 2.00. The molecule has 2 aromatic rings. The molecule has 0 saturated carbocycles. The van der Waals surface area contributed by atoms with Crippen LogP contribution in [0.15, 0.2) is 42.7 Å². The van der Waals surface area contributed by atoms with Crippen molar-refractivity contribution in [3.63, 3.8) is 0 Å². The Hall–Kier alpha value is -2.36. The molecule has 104 valence electrons. The molecule has 2 rings (SSSR count). The van der Waals surface area contributed by atoms with Crippen molar-refractivity contribution < 1.29 is 4.79 Å². The summed E-state index contributed by atoms with van der Waals surface area (Å²) in [6, 6.07) is 9.83. The van der Waals surface area contributed by atoms with Crippen molar-refractivity contribution in [1.82, 2.24) is 10.3 Å². The van der Waals surface area contributed by atoms with Gasteiger partial charge in [0.15, 0.2) is 0 Å². The molecular formula is C16H19N3O. The zero-order chi connectivity index (χ0) is 14.5. The van der Waals surface area contributed by atoms with E-state index in [0.717, 1.165) is 11.3 Å². The van der Waals surface area contributed by atoms with Crippen LogP contribution in [-0.2, 0) is 0 Å². The van der Waals surface area contributed by atoms with Gasteiger partial charge in [0.2, 0.25) is 0 Å². The number of nitrogens with zero attached hydrogens (tertiary/aromatic N) is 1. The van der Waals surface area contributed by atoms with Gasteiger partial charge in [-0.3, -0.25) is 9.78 Å². The van der Waals surface area contributed by atoms with Crippen molar-refractivity contribution in [3.8, 4) is 0 Å². The van der Waals surface area contributed by atoms with Gasteiger partial charge in [0.05, 0.1) is 23.5 Å². The third-order valence-electron chi connectivity index (χ3n) is 3.26. The van der Waals surface area contributed by atoms with Gasteiger partial charge < -0.3 is 10.6 Å². The maximum Gasteiger partial charge on any atom is 0.253 e. The quantitative estimate of drug-likeness (QED) is 0.897. The zero-order valence-corrected chi connectivity index (χ0v) is 12.0. The Morgan fingerprint density at radius 3 is 2.55 bits per heavy atom. The summed E-state index contributed by atoms with van der Waals surface area (Å²) in [4.78, 5) is 16.3. The lowest BCUT2D eigenvalue weighted by atomic mass is 10.1. The minimum absolute atomic E-state index is 0.0408. The second kappa shape index (κ2) is 6.19. The molecule has 1 unspecified atom stereocenters. The van der Waals surface area contributed by atoms with E-state index in [0.29, 0.717) is 5.56 Å². The third kappa shape index (κ3) is 3.15. The van der Waals surface area contributed by atoms with E-state index >= 15 is 0 Å². The van der Waals surface area contributed by atoms with E-state index in [1.807, 2.05) is 38.1 Å². The van der Waals surface area contributed by atoms with Crippen LogP contribution < -0.4 is 10.6 Å². The average Bonchev–Trinajstić information content (AvgIpc) is 2.47. The summed E-state index contributed by atoms with van der Waals surface area (Å²) >= 11 is 0. The van der Waals surface area contributed by atoms with Crippen LogP contribution in [0.2, 0.25) is 0 Å². The fourth-order valence-corrected chi connectivity index (χ4v) is 2.00. The highest BCUT2D eigenvalue weighted by molar-refractivity contribution is 5.99. The summed E-state index contributed by atoms with van der Waals surface area (Å²) in [6.45, 7) is 4.02. The van der Waals surface area contributed by atoms with E-state index in [1.165, 1.54) is 5.56 Å². The van der Waals surface area contributed by atoms with Crippen LogP contribution >= 0.6 is 0 Å². The SMILES string of the molecule is CNc1cnccc1C(=O)NC(C)c1ccc(C)cc1. The van der Waals surface area contributed by atoms with Crippen LogP contribution in [0.25, 0.3) is 0 Å². The maximum absolute atomic E-state index is 12.3. The van der Waals surface area contributed by atoms with Crippen molar-refractivity contribution in [3.05, 3.63) is 59.4 Å². The van der Waals surface area contributed by atoms with Gasteiger partial charge >= 0.3 is 0 Å². The summed E-state index contributed by atoms with van der Waals surface area (Å²) in [7, 11) is 1.77. The number of carbonyl (C=O) groups excluding carboxylic acids is 1.